The third-order valence-corrected chi connectivity index (χ3v) is 1.78. The van der Waals surface area contributed by atoms with E-state index in [-0.39, 0.29) is 5.60 Å². The molecule has 1 unspecified atom stereocenters. The number of allylic oxidation sites excluding steroid dienone is 1. The van der Waals surface area contributed by atoms with Crippen LogP contribution < -0.4 is 0 Å². The van der Waals surface area contributed by atoms with Gasteiger partial charge in [0.15, 0.2) is 0 Å². The van der Waals surface area contributed by atoms with Gasteiger partial charge in [0.2, 0.25) is 0 Å². The van der Waals surface area contributed by atoms with E-state index in [9.17, 15) is 0 Å². The lowest BCUT2D eigenvalue weighted by Crippen LogP contribution is -2.25. The Bertz CT molecular complexity index is 194. The molecular weight excluding hydrogens is 140 g/mol. The molecule has 2 heteroatoms. The summed E-state index contributed by atoms with van der Waals surface area (Å²) in [5.41, 5.74) is -0.298. The maximum absolute atomic E-state index is 9.17. The third-order valence-electron chi connectivity index (χ3n) is 1.78. The second kappa shape index (κ2) is 2.99. The topological polar surface area (TPSA) is 29.5 Å². The third kappa shape index (κ3) is 2.00. The van der Waals surface area contributed by atoms with Gasteiger partial charge in [0.05, 0.1) is 6.26 Å². The Morgan fingerprint density at radius 1 is 1.64 bits per heavy atom. The molecule has 1 aliphatic rings. The summed E-state index contributed by atoms with van der Waals surface area (Å²) in [6, 6.07) is 0. The zero-order chi connectivity index (χ0) is 8.32. The van der Waals surface area contributed by atoms with Gasteiger partial charge in [-0.05, 0) is 13.3 Å². The molecule has 0 amide bonds. The van der Waals surface area contributed by atoms with Crippen LogP contribution in [0.25, 0.3) is 0 Å². The van der Waals surface area contributed by atoms with Crippen LogP contribution in [0, 0.1) is 0 Å². The van der Waals surface area contributed by atoms with Crippen LogP contribution in [0.5, 0.6) is 0 Å². The summed E-state index contributed by atoms with van der Waals surface area (Å²) < 4.78 is 5.36. The van der Waals surface area contributed by atoms with Crippen molar-refractivity contribution in [3.63, 3.8) is 0 Å². The number of ether oxygens (including phenoxy) is 1. The molecule has 62 valence electrons. The average Bonchev–Trinajstić information content (AvgIpc) is 1.86. The second-order valence-electron chi connectivity index (χ2n) is 3.05. The summed E-state index contributed by atoms with van der Waals surface area (Å²) in [6.45, 7) is 4.06. The van der Waals surface area contributed by atoms with Crippen LogP contribution >= 0.6 is 0 Å². The molecule has 0 aromatic heterocycles. The molecule has 0 bridgehead atoms. The first-order valence-corrected chi connectivity index (χ1v) is 3.92. The Balaban J connectivity index is 2.66. The van der Waals surface area contributed by atoms with Gasteiger partial charge in [0.25, 0.3) is 0 Å². The van der Waals surface area contributed by atoms with Crippen molar-refractivity contribution in [2.75, 3.05) is 0 Å². The summed E-state index contributed by atoms with van der Waals surface area (Å²) in [6.07, 6.45) is 6.83. The summed E-state index contributed by atoms with van der Waals surface area (Å²) in [5, 5.41) is 9.17. The standard InChI is InChI=1S/C9H14O2/c1-3-5-9(2)7-8(10)4-6-11-9/h4,6-7,10H,3,5H2,1-2H3. The van der Waals surface area contributed by atoms with E-state index in [4.69, 9.17) is 9.84 Å². The predicted octanol–water partition coefficient (Wildman–Crippen LogP) is 2.53. The number of hydrogen-bond donors (Lipinski definition) is 1. The van der Waals surface area contributed by atoms with Crippen LogP contribution in [-0.4, -0.2) is 10.7 Å². The number of rotatable bonds is 2. The van der Waals surface area contributed by atoms with Crippen molar-refractivity contribution in [1.29, 1.82) is 0 Å². The lowest BCUT2D eigenvalue weighted by atomic mass is 9.98. The van der Waals surface area contributed by atoms with Crippen molar-refractivity contribution in [3.05, 3.63) is 24.2 Å². The summed E-state index contributed by atoms with van der Waals surface area (Å²) in [4.78, 5) is 0. The molecule has 1 aliphatic heterocycles. The highest BCUT2D eigenvalue weighted by molar-refractivity contribution is 5.18. The Kier molecular flexibility index (Phi) is 2.22. The fourth-order valence-electron chi connectivity index (χ4n) is 1.28. The van der Waals surface area contributed by atoms with Crippen molar-refractivity contribution >= 4 is 0 Å². The summed E-state index contributed by atoms with van der Waals surface area (Å²) in [5.74, 6) is 0.298. The lowest BCUT2D eigenvalue weighted by Gasteiger charge is -2.27. The SMILES string of the molecule is CCCC1(C)C=C(O)C=CO1. The largest absolute Gasteiger partial charge is 0.508 e. The zero-order valence-corrected chi connectivity index (χ0v) is 7.00. The van der Waals surface area contributed by atoms with Crippen molar-refractivity contribution < 1.29 is 9.84 Å². The number of aliphatic hydroxyl groups is 1. The highest BCUT2D eigenvalue weighted by Gasteiger charge is 2.23. The molecule has 2 nitrogen and oxygen atoms in total. The average molecular weight is 154 g/mol. The maximum Gasteiger partial charge on any atom is 0.127 e. The van der Waals surface area contributed by atoms with E-state index in [0.717, 1.165) is 12.8 Å². The Hall–Kier alpha value is -0.920. The molecule has 1 rings (SSSR count). The van der Waals surface area contributed by atoms with Gasteiger partial charge in [0.1, 0.15) is 11.4 Å². The first kappa shape index (κ1) is 8.18. The maximum atomic E-state index is 9.17. The predicted molar refractivity (Wildman–Crippen MR) is 44.2 cm³/mol. The molecular formula is C9H14O2. The smallest absolute Gasteiger partial charge is 0.127 e. The van der Waals surface area contributed by atoms with Crippen LogP contribution in [0.2, 0.25) is 0 Å². The molecule has 0 saturated heterocycles. The van der Waals surface area contributed by atoms with Crippen molar-refractivity contribution in [2.24, 2.45) is 0 Å². The minimum absolute atomic E-state index is 0.298. The molecule has 0 aliphatic carbocycles. The fraction of sp³-hybridized carbons (Fsp3) is 0.556. The molecule has 0 saturated carbocycles. The fourth-order valence-corrected chi connectivity index (χ4v) is 1.28. The van der Waals surface area contributed by atoms with Gasteiger partial charge in [-0.2, -0.15) is 0 Å². The van der Waals surface area contributed by atoms with Gasteiger partial charge in [0, 0.05) is 12.2 Å². The van der Waals surface area contributed by atoms with Crippen LogP contribution in [0.3, 0.4) is 0 Å². The van der Waals surface area contributed by atoms with Crippen LogP contribution in [0.1, 0.15) is 26.7 Å². The highest BCUT2D eigenvalue weighted by atomic mass is 16.5. The van der Waals surface area contributed by atoms with E-state index < -0.39 is 0 Å². The molecule has 0 fully saturated rings. The van der Waals surface area contributed by atoms with Gasteiger partial charge in [-0.1, -0.05) is 13.3 Å². The first-order valence-electron chi connectivity index (χ1n) is 3.92. The molecule has 0 radical (unpaired) electrons. The van der Waals surface area contributed by atoms with Gasteiger partial charge in [-0.15, -0.1) is 0 Å². The lowest BCUT2D eigenvalue weighted by molar-refractivity contribution is 0.0680. The molecule has 1 atom stereocenters. The number of hydrogen-bond acceptors (Lipinski definition) is 2. The Labute approximate surface area is 67.2 Å². The number of aliphatic hydroxyl groups excluding tert-OH is 1. The molecule has 0 spiro atoms. The molecule has 0 aromatic carbocycles. The van der Waals surface area contributed by atoms with Gasteiger partial charge < -0.3 is 9.84 Å². The monoisotopic (exact) mass is 154 g/mol. The normalized spacial score (nSPS) is 29.5. The minimum Gasteiger partial charge on any atom is -0.508 e. The molecule has 1 N–H and O–H groups in total. The van der Waals surface area contributed by atoms with Crippen molar-refractivity contribution in [1.82, 2.24) is 0 Å². The van der Waals surface area contributed by atoms with Crippen LogP contribution in [0.4, 0.5) is 0 Å². The zero-order valence-electron chi connectivity index (χ0n) is 7.00. The Morgan fingerprint density at radius 2 is 2.36 bits per heavy atom. The molecule has 0 aromatic rings. The Morgan fingerprint density at radius 3 is 2.91 bits per heavy atom. The highest BCUT2D eigenvalue weighted by Crippen LogP contribution is 2.24. The van der Waals surface area contributed by atoms with E-state index >= 15 is 0 Å². The quantitative estimate of drug-likeness (QED) is 0.662. The van der Waals surface area contributed by atoms with E-state index in [0.29, 0.717) is 5.76 Å². The molecule has 1 heterocycles. The minimum atomic E-state index is -0.298. The van der Waals surface area contributed by atoms with Gasteiger partial charge in [-0.3, -0.25) is 0 Å². The van der Waals surface area contributed by atoms with Crippen LogP contribution in [-0.2, 0) is 4.74 Å². The summed E-state index contributed by atoms with van der Waals surface area (Å²) >= 11 is 0. The van der Waals surface area contributed by atoms with Crippen LogP contribution in [0.15, 0.2) is 24.2 Å². The van der Waals surface area contributed by atoms with E-state index in [1.165, 1.54) is 0 Å². The summed E-state index contributed by atoms with van der Waals surface area (Å²) in [7, 11) is 0. The van der Waals surface area contributed by atoms with Gasteiger partial charge in [-0.25, -0.2) is 0 Å². The van der Waals surface area contributed by atoms with Crippen molar-refractivity contribution in [3.8, 4) is 0 Å². The van der Waals surface area contributed by atoms with Gasteiger partial charge >= 0.3 is 0 Å². The van der Waals surface area contributed by atoms with E-state index in [1.807, 2.05) is 6.92 Å². The van der Waals surface area contributed by atoms with E-state index in [2.05, 4.69) is 6.92 Å². The second-order valence-corrected chi connectivity index (χ2v) is 3.05. The van der Waals surface area contributed by atoms with E-state index in [1.54, 1.807) is 18.4 Å². The van der Waals surface area contributed by atoms with Crippen molar-refractivity contribution in [2.45, 2.75) is 32.3 Å². The molecule has 11 heavy (non-hydrogen) atoms. The first-order chi connectivity index (χ1) is 5.16.